The highest BCUT2D eigenvalue weighted by molar-refractivity contribution is 5.30. The lowest BCUT2D eigenvalue weighted by molar-refractivity contribution is 0.134. The first-order valence-corrected chi connectivity index (χ1v) is 6.46. The molecule has 0 aromatic carbocycles. The van der Waals surface area contributed by atoms with Crippen molar-refractivity contribution >= 4 is 0 Å². The average Bonchev–Trinajstić information content (AvgIpc) is 2.24. The number of fused-ring (bicyclic) bond motifs is 1. The predicted octanol–water partition coefficient (Wildman–Crippen LogP) is 3.84. The summed E-state index contributed by atoms with van der Waals surface area (Å²) < 4.78 is 0. The Morgan fingerprint density at radius 1 is 1.25 bits per heavy atom. The van der Waals surface area contributed by atoms with Gasteiger partial charge in [-0.2, -0.15) is 0 Å². The van der Waals surface area contributed by atoms with Crippen LogP contribution in [0.1, 0.15) is 52.9 Å². The molecule has 0 spiro atoms. The van der Waals surface area contributed by atoms with Crippen LogP contribution in [-0.2, 0) is 0 Å². The number of hydrogen-bond donors (Lipinski definition) is 1. The molecule has 1 saturated carbocycles. The largest absolute Gasteiger partial charge is 0.389 e. The van der Waals surface area contributed by atoms with Crippen LogP contribution in [0.4, 0.5) is 0 Å². The van der Waals surface area contributed by atoms with Crippen LogP contribution in [0.2, 0.25) is 0 Å². The van der Waals surface area contributed by atoms with E-state index in [0.29, 0.717) is 11.3 Å². The van der Waals surface area contributed by atoms with Crippen molar-refractivity contribution in [2.45, 2.75) is 59.0 Å². The number of allylic oxidation sites excluding steroid dienone is 2. The van der Waals surface area contributed by atoms with Crippen LogP contribution in [0.3, 0.4) is 0 Å². The highest BCUT2D eigenvalue weighted by Gasteiger charge is 2.44. The average molecular weight is 220 g/mol. The SMILES string of the molecule is C=C1CCC(O)/C(C)=C2/CC(C)(C)[C@H]2CC1. The second-order valence-corrected chi connectivity index (χ2v) is 6.27. The summed E-state index contributed by atoms with van der Waals surface area (Å²) in [7, 11) is 0. The summed E-state index contributed by atoms with van der Waals surface area (Å²) in [6.07, 6.45) is 5.15. The molecule has 0 heterocycles. The van der Waals surface area contributed by atoms with Crippen molar-refractivity contribution in [2.24, 2.45) is 11.3 Å². The van der Waals surface area contributed by atoms with Crippen molar-refractivity contribution < 1.29 is 5.11 Å². The van der Waals surface area contributed by atoms with Crippen molar-refractivity contribution in [2.75, 3.05) is 0 Å². The molecule has 1 N–H and O–H groups in total. The van der Waals surface area contributed by atoms with Gasteiger partial charge in [0.2, 0.25) is 0 Å². The Morgan fingerprint density at radius 2 is 1.88 bits per heavy atom. The zero-order chi connectivity index (χ0) is 11.9. The smallest absolute Gasteiger partial charge is 0.0753 e. The molecule has 1 nitrogen and oxygen atoms in total. The summed E-state index contributed by atoms with van der Waals surface area (Å²) >= 11 is 0. The van der Waals surface area contributed by atoms with Crippen molar-refractivity contribution in [3.8, 4) is 0 Å². The van der Waals surface area contributed by atoms with Crippen molar-refractivity contribution in [1.82, 2.24) is 0 Å². The highest BCUT2D eigenvalue weighted by Crippen LogP contribution is 2.54. The van der Waals surface area contributed by atoms with Crippen LogP contribution in [0, 0.1) is 11.3 Å². The molecule has 0 aliphatic heterocycles. The first kappa shape index (κ1) is 11.9. The molecule has 0 aromatic rings. The first-order chi connectivity index (χ1) is 7.42. The van der Waals surface area contributed by atoms with Crippen LogP contribution >= 0.6 is 0 Å². The third kappa shape index (κ3) is 1.98. The third-order valence-corrected chi connectivity index (χ3v) is 4.57. The highest BCUT2D eigenvalue weighted by atomic mass is 16.3. The quantitative estimate of drug-likeness (QED) is 0.615. The minimum absolute atomic E-state index is 0.233. The van der Waals surface area contributed by atoms with Crippen LogP contribution in [0.25, 0.3) is 0 Å². The summed E-state index contributed by atoms with van der Waals surface area (Å²) in [5.41, 5.74) is 4.53. The molecule has 0 amide bonds. The number of rotatable bonds is 0. The van der Waals surface area contributed by atoms with Crippen molar-refractivity contribution in [1.29, 1.82) is 0 Å². The zero-order valence-corrected chi connectivity index (χ0v) is 10.8. The van der Waals surface area contributed by atoms with Gasteiger partial charge in [0.25, 0.3) is 0 Å². The zero-order valence-electron chi connectivity index (χ0n) is 10.8. The molecule has 0 radical (unpaired) electrons. The normalized spacial score (nSPS) is 39.1. The molecule has 1 fully saturated rings. The Hall–Kier alpha value is -0.560. The van der Waals surface area contributed by atoms with Crippen LogP contribution in [0.5, 0.6) is 0 Å². The summed E-state index contributed by atoms with van der Waals surface area (Å²) in [5, 5.41) is 10.1. The van der Waals surface area contributed by atoms with Gasteiger partial charge in [-0.15, -0.1) is 0 Å². The van der Waals surface area contributed by atoms with E-state index in [2.05, 4.69) is 27.4 Å². The lowest BCUT2D eigenvalue weighted by Gasteiger charge is -2.49. The Bertz CT molecular complexity index is 335. The van der Waals surface area contributed by atoms with Crippen molar-refractivity contribution in [3.05, 3.63) is 23.3 Å². The maximum Gasteiger partial charge on any atom is 0.0753 e. The van der Waals surface area contributed by atoms with Crippen LogP contribution < -0.4 is 0 Å². The molecule has 0 aromatic heterocycles. The van der Waals surface area contributed by atoms with E-state index >= 15 is 0 Å². The molecule has 2 atom stereocenters. The fourth-order valence-corrected chi connectivity index (χ4v) is 3.30. The maximum atomic E-state index is 10.1. The number of aliphatic hydroxyl groups excluding tert-OH is 1. The van der Waals surface area contributed by atoms with Gasteiger partial charge in [0.05, 0.1) is 6.10 Å². The van der Waals surface area contributed by atoms with E-state index in [-0.39, 0.29) is 6.10 Å². The molecule has 0 saturated heterocycles. The monoisotopic (exact) mass is 220 g/mol. The van der Waals surface area contributed by atoms with Gasteiger partial charge >= 0.3 is 0 Å². The van der Waals surface area contributed by atoms with Crippen LogP contribution in [-0.4, -0.2) is 11.2 Å². The number of hydrogen-bond acceptors (Lipinski definition) is 1. The molecular formula is C15H24O. The van der Waals surface area contributed by atoms with E-state index in [0.717, 1.165) is 19.3 Å². The van der Waals surface area contributed by atoms with E-state index < -0.39 is 0 Å². The molecule has 1 heteroatoms. The summed E-state index contributed by atoms with van der Waals surface area (Å²) in [5.74, 6) is 0.678. The van der Waals surface area contributed by atoms with Gasteiger partial charge in [0, 0.05) is 0 Å². The summed E-state index contributed by atoms with van der Waals surface area (Å²) in [4.78, 5) is 0. The van der Waals surface area contributed by atoms with Gasteiger partial charge in [0.15, 0.2) is 0 Å². The fraction of sp³-hybridized carbons (Fsp3) is 0.733. The fourth-order valence-electron chi connectivity index (χ4n) is 3.30. The van der Waals surface area contributed by atoms with E-state index in [1.54, 1.807) is 0 Å². The van der Waals surface area contributed by atoms with Gasteiger partial charge in [-0.3, -0.25) is 0 Å². The second kappa shape index (κ2) is 4.03. The van der Waals surface area contributed by atoms with Gasteiger partial charge < -0.3 is 5.11 Å². The van der Waals surface area contributed by atoms with Gasteiger partial charge in [-0.25, -0.2) is 0 Å². The number of aliphatic hydroxyl groups is 1. The summed E-state index contributed by atoms with van der Waals surface area (Å²) in [6.45, 7) is 10.9. The van der Waals surface area contributed by atoms with E-state index in [1.807, 2.05) is 0 Å². The molecular weight excluding hydrogens is 196 g/mol. The molecule has 16 heavy (non-hydrogen) atoms. The molecule has 90 valence electrons. The Kier molecular flexibility index (Phi) is 3.00. The van der Waals surface area contributed by atoms with E-state index in [9.17, 15) is 5.11 Å². The van der Waals surface area contributed by atoms with Gasteiger partial charge in [-0.05, 0) is 55.9 Å². The van der Waals surface area contributed by atoms with E-state index in [4.69, 9.17) is 0 Å². The van der Waals surface area contributed by atoms with Crippen molar-refractivity contribution in [3.63, 3.8) is 0 Å². The van der Waals surface area contributed by atoms with E-state index in [1.165, 1.54) is 29.6 Å². The molecule has 1 unspecified atom stereocenters. The molecule has 0 bridgehead atoms. The van der Waals surface area contributed by atoms with Gasteiger partial charge in [-0.1, -0.05) is 31.6 Å². The first-order valence-electron chi connectivity index (χ1n) is 6.46. The Morgan fingerprint density at radius 3 is 2.50 bits per heavy atom. The Balaban J connectivity index is 2.25. The van der Waals surface area contributed by atoms with Crippen LogP contribution in [0.15, 0.2) is 23.3 Å². The summed E-state index contributed by atoms with van der Waals surface area (Å²) in [6, 6.07) is 0. The lowest BCUT2D eigenvalue weighted by Crippen LogP contribution is -2.39. The predicted molar refractivity (Wildman–Crippen MR) is 68.2 cm³/mol. The minimum atomic E-state index is -0.233. The minimum Gasteiger partial charge on any atom is -0.389 e. The lowest BCUT2D eigenvalue weighted by atomic mass is 9.56. The Labute approximate surface area is 99.3 Å². The standard InChI is InChI=1S/C15H24O/c1-10-5-7-13-12(9-15(13,3)4)11(2)14(16)8-6-10/h13-14,16H,1,5-9H2,2-4H3/b12-11-/t13-,14?/m0/s1. The topological polar surface area (TPSA) is 20.2 Å². The van der Waals surface area contributed by atoms with Gasteiger partial charge in [0.1, 0.15) is 0 Å². The molecule has 2 rings (SSSR count). The maximum absolute atomic E-state index is 10.1. The molecule has 2 aliphatic rings. The third-order valence-electron chi connectivity index (χ3n) is 4.57. The molecule has 2 aliphatic carbocycles. The second-order valence-electron chi connectivity index (χ2n) is 6.27.